The predicted molar refractivity (Wildman–Crippen MR) is 158 cm³/mol. The number of hydrogen-bond donors (Lipinski definition) is 2. The van der Waals surface area contributed by atoms with Gasteiger partial charge in [-0.3, -0.25) is 14.4 Å². The van der Waals surface area contributed by atoms with Crippen molar-refractivity contribution < 1.29 is 23.9 Å². The maximum Gasteiger partial charge on any atom is 0.252 e. The zero-order valence-electron chi connectivity index (χ0n) is 23.9. The number of carbonyl (C=O) groups excluding carboxylic acids is 3. The average Bonchev–Trinajstić information content (AvgIpc) is 3.62. The van der Waals surface area contributed by atoms with Gasteiger partial charge in [-0.15, -0.1) is 0 Å². The third kappa shape index (κ3) is 3.03. The Hall–Kier alpha value is -4.41. The molecule has 0 saturated carbocycles. The third-order valence-electron chi connectivity index (χ3n) is 9.58. The van der Waals surface area contributed by atoms with Crippen molar-refractivity contribution in [2.75, 3.05) is 20.7 Å². The van der Waals surface area contributed by atoms with Crippen LogP contribution in [0.5, 0.6) is 0 Å². The Balaban J connectivity index is 1.51. The van der Waals surface area contributed by atoms with E-state index in [1.165, 1.54) is 6.92 Å². The molecule has 10 nitrogen and oxygen atoms in total. The minimum absolute atomic E-state index is 0.0677. The van der Waals surface area contributed by atoms with Crippen molar-refractivity contribution in [2.24, 2.45) is 0 Å². The van der Waals surface area contributed by atoms with Crippen molar-refractivity contribution >= 4 is 61.3 Å². The number of benzene rings is 3. The van der Waals surface area contributed by atoms with Gasteiger partial charge in [0.15, 0.2) is 5.72 Å². The monoisotopic (exact) mass is 565 g/mol. The Morgan fingerprint density at radius 1 is 1.10 bits per heavy atom. The molecule has 10 heteroatoms. The molecule has 3 aromatic carbocycles. The number of nitrogens with zero attached hydrogens (tertiary/aromatic N) is 3. The van der Waals surface area contributed by atoms with E-state index in [4.69, 9.17) is 9.47 Å². The van der Waals surface area contributed by atoms with Gasteiger partial charge in [0.2, 0.25) is 11.8 Å². The van der Waals surface area contributed by atoms with Gasteiger partial charge >= 0.3 is 0 Å². The minimum Gasteiger partial charge on any atom is -0.374 e. The van der Waals surface area contributed by atoms with Crippen LogP contribution in [0.25, 0.3) is 43.6 Å². The van der Waals surface area contributed by atoms with E-state index >= 15 is 0 Å². The summed E-state index contributed by atoms with van der Waals surface area (Å²) in [7, 11) is 3.42. The molecule has 214 valence electrons. The maximum absolute atomic E-state index is 13.5. The fourth-order valence-electron chi connectivity index (χ4n) is 7.90. The number of aromatic nitrogens is 2. The summed E-state index contributed by atoms with van der Waals surface area (Å²) in [6.07, 6.45) is -0.551. The Labute approximate surface area is 241 Å². The molecule has 3 aliphatic rings. The van der Waals surface area contributed by atoms with E-state index in [1.54, 1.807) is 19.1 Å². The third-order valence-corrected chi connectivity index (χ3v) is 9.58. The number of fused-ring (bicyclic) bond motifs is 13. The van der Waals surface area contributed by atoms with Gasteiger partial charge in [0.25, 0.3) is 5.91 Å². The Morgan fingerprint density at radius 2 is 1.79 bits per heavy atom. The van der Waals surface area contributed by atoms with Crippen LogP contribution in [0.15, 0.2) is 48.5 Å². The van der Waals surface area contributed by atoms with Crippen molar-refractivity contribution in [2.45, 2.75) is 50.9 Å². The van der Waals surface area contributed by atoms with Gasteiger partial charge < -0.3 is 34.1 Å². The van der Waals surface area contributed by atoms with E-state index in [1.807, 2.05) is 31.2 Å². The number of likely N-dealkylation sites (N-methyl/N-ethyl adjacent to an activating group) is 1. The molecule has 42 heavy (non-hydrogen) atoms. The standard InChI is InChI=1S/C32H31N5O5/c1-16(38)33-15-23(39)35(3)22-13-24-36-20-11-7-5-9-17(20)26-27-19(14-34-31(27)40)25-18-10-6-8-12-21(18)37(29(25)28(26)36)32(2,42-24)30(22)41-4/h5-12,22,24,30H,13-15H2,1-4H3,(H,33,38)(H,34,40)/t22-,24-,30-,32+/m1/s1. The fraction of sp³-hybridized carbons (Fsp3) is 0.344. The van der Waals surface area contributed by atoms with E-state index in [2.05, 4.69) is 44.0 Å². The van der Waals surface area contributed by atoms with Crippen LogP contribution < -0.4 is 10.6 Å². The van der Waals surface area contributed by atoms with E-state index < -0.39 is 18.1 Å². The Kier molecular flexibility index (Phi) is 5.16. The van der Waals surface area contributed by atoms with Gasteiger partial charge in [0, 0.05) is 55.6 Å². The van der Waals surface area contributed by atoms with E-state index in [9.17, 15) is 14.4 Å². The SMILES string of the molecule is CO[C@@H]1[C@H](N(C)C(=O)CNC(C)=O)C[C@H]2O[C@]1(C)n1c3ccccc3c3c4c(c5c6ccccc6n2c5c31)C(=O)NC4. The second-order valence-electron chi connectivity index (χ2n) is 11.7. The van der Waals surface area contributed by atoms with Crippen molar-refractivity contribution in [1.82, 2.24) is 24.7 Å². The largest absolute Gasteiger partial charge is 0.374 e. The second kappa shape index (κ2) is 8.56. The summed E-state index contributed by atoms with van der Waals surface area (Å²) in [6.45, 7) is 3.78. The molecular formula is C32H31N5O5. The predicted octanol–water partition coefficient (Wildman–Crippen LogP) is 3.73. The number of hydrogen-bond acceptors (Lipinski definition) is 5. The summed E-state index contributed by atoms with van der Waals surface area (Å²) in [5.74, 6) is -0.540. The molecule has 2 aromatic heterocycles. The van der Waals surface area contributed by atoms with Gasteiger partial charge in [-0.1, -0.05) is 36.4 Å². The first-order chi connectivity index (χ1) is 20.3. The average molecular weight is 566 g/mol. The summed E-state index contributed by atoms with van der Waals surface area (Å²) in [5.41, 5.74) is 4.58. The van der Waals surface area contributed by atoms with Crippen LogP contribution in [-0.2, 0) is 31.3 Å². The molecule has 0 unspecified atom stereocenters. The molecule has 0 spiro atoms. The molecular weight excluding hydrogens is 534 g/mol. The topological polar surface area (TPSA) is 107 Å². The van der Waals surface area contributed by atoms with Crippen LogP contribution in [-0.4, -0.2) is 64.6 Å². The fourth-order valence-corrected chi connectivity index (χ4v) is 7.90. The van der Waals surface area contributed by atoms with E-state index in [0.29, 0.717) is 13.0 Å². The van der Waals surface area contributed by atoms with Gasteiger partial charge in [-0.2, -0.15) is 0 Å². The molecule has 5 heterocycles. The van der Waals surface area contributed by atoms with Crippen molar-refractivity contribution in [3.8, 4) is 0 Å². The highest BCUT2D eigenvalue weighted by molar-refractivity contribution is 6.31. The van der Waals surface area contributed by atoms with Crippen LogP contribution in [0.3, 0.4) is 0 Å². The highest BCUT2D eigenvalue weighted by Gasteiger charge is 2.54. The molecule has 0 radical (unpaired) electrons. The van der Waals surface area contributed by atoms with E-state index in [-0.39, 0.29) is 30.3 Å². The lowest BCUT2D eigenvalue weighted by molar-refractivity contribution is -0.266. The van der Waals surface area contributed by atoms with Crippen LogP contribution in [0.4, 0.5) is 0 Å². The molecule has 2 N–H and O–H groups in total. The summed E-state index contributed by atoms with van der Waals surface area (Å²) >= 11 is 0. The van der Waals surface area contributed by atoms with Crippen molar-refractivity contribution in [1.29, 1.82) is 0 Å². The first-order valence-electron chi connectivity index (χ1n) is 14.3. The first kappa shape index (κ1) is 25.3. The number of nitrogens with one attached hydrogen (secondary N) is 2. The number of ether oxygens (including phenoxy) is 2. The maximum atomic E-state index is 13.5. The quantitative estimate of drug-likeness (QED) is 0.346. The first-order valence-corrected chi connectivity index (χ1v) is 14.3. The smallest absolute Gasteiger partial charge is 0.252 e. The van der Waals surface area contributed by atoms with Crippen LogP contribution in [0, 0.1) is 0 Å². The Morgan fingerprint density at radius 3 is 2.50 bits per heavy atom. The number of carbonyl (C=O) groups is 3. The Bertz CT molecular complexity index is 2020. The van der Waals surface area contributed by atoms with Gasteiger partial charge in [-0.05, 0) is 24.6 Å². The van der Waals surface area contributed by atoms with E-state index in [0.717, 1.165) is 54.7 Å². The highest BCUT2D eigenvalue weighted by Crippen LogP contribution is 2.54. The molecule has 2 bridgehead atoms. The van der Waals surface area contributed by atoms with Crippen LogP contribution >= 0.6 is 0 Å². The lowest BCUT2D eigenvalue weighted by atomic mass is 9.91. The minimum atomic E-state index is -1.02. The molecule has 3 amide bonds. The number of rotatable bonds is 4. The summed E-state index contributed by atoms with van der Waals surface area (Å²) in [5, 5.41) is 9.72. The normalized spacial score (nSPS) is 24.4. The van der Waals surface area contributed by atoms with Crippen LogP contribution in [0.2, 0.25) is 0 Å². The highest BCUT2D eigenvalue weighted by atomic mass is 16.6. The number of methoxy groups -OCH3 is 1. The number of para-hydroxylation sites is 2. The molecule has 0 aliphatic carbocycles. The zero-order valence-corrected chi connectivity index (χ0v) is 23.9. The van der Waals surface area contributed by atoms with Crippen molar-refractivity contribution in [3.05, 3.63) is 59.7 Å². The molecule has 5 aromatic rings. The molecule has 3 aliphatic heterocycles. The summed E-state index contributed by atoms with van der Waals surface area (Å²) in [4.78, 5) is 40.1. The number of amides is 3. The molecule has 1 fully saturated rings. The van der Waals surface area contributed by atoms with Gasteiger partial charge in [0.1, 0.15) is 12.3 Å². The van der Waals surface area contributed by atoms with Gasteiger partial charge in [0.05, 0.1) is 40.2 Å². The molecule has 1 saturated heterocycles. The summed E-state index contributed by atoms with van der Waals surface area (Å²) in [6, 6.07) is 16.0. The molecule has 4 atom stereocenters. The van der Waals surface area contributed by atoms with Crippen molar-refractivity contribution in [3.63, 3.8) is 0 Å². The second-order valence-corrected chi connectivity index (χ2v) is 11.7. The van der Waals surface area contributed by atoms with Crippen LogP contribution in [0.1, 0.15) is 42.4 Å². The van der Waals surface area contributed by atoms with Gasteiger partial charge in [-0.25, -0.2) is 0 Å². The molecule has 8 rings (SSSR count). The zero-order chi connectivity index (χ0) is 29.1. The summed E-state index contributed by atoms with van der Waals surface area (Å²) < 4.78 is 17.9. The lowest BCUT2D eigenvalue weighted by Crippen LogP contribution is -2.62. The lowest BCUT2D eigenvalue weighted by Gasteiger charge is -2.50.